The highest BCUT2D eigenvalue weighted by molar-refractivity contribution is 5.33. The average Bonchev–Trinajstić information content (AvgIpc) is 2.55. The number of hydrogen-bond acceptors (Lipinski definition) is 3. The molecular weight excluding hydrogens is 345 g/mol. The van der Waals surface area contributed by atoms with Crippen LogP contribution in [0, 0.1) is 0 Å². The van der Waals surface area contributed by atoms with Crippen LogP contribution in [0.15, 0.2) is 48.5 Å². The minimum atomic E-state index is -4.49. The lowest BCUT2D eigenvalue weighted by Gasteiger charge is -2.15. The lowest BCUT2D eigenvalue weighted by Crippen LogP contribution is -2.22. The summed E-state index contributed by atoms with van der Waals surface area (Å²) in [6, 6.07) is 10.5. The molecule has 0 heterocycles. The van der Waals surface area contributed by atoms with Crippen molar-refractivity contribution in [3.63, 3.8) is 0 Å². The smallest absolute Gasteiger partial charge is 0.416 e. The Balaban J connectivity index is 1.96. The fourth-order valence-electron chi connectivity index (χ4n) is 2.24. The molecule has 2 aromatic rings. The van der Waals surface area contributed by atoms with Gasteiger partial charge in [-0.05, 0) is 23.8 Å². The number of aliphatic hydroxyl groups excluding tert-OH is 1. The number of alkyl halides is 5. The number of aliphatic hydroxyl groups is 1. The van der Waals surface area contributed by atoms with E-state index in [-0.39, 0.29) is 24.4 Å². The van der Waals surface area contributed by atoms with Crippen molar-refractivity contribution in [3.05, 3.63) is 65.2 Å². The van der Waals surface area contributed by atoms with Crippen LogP contribution in [0.25, 0.3) is 0 Å². The molecule has 1 atom stereocenters. The summed E-state index contributed by atoms with van der Waals surface area (Å²) in [7, 11) is 0. The Bertz CT molecular complexity index is 691. The Labute approximate surface area is 141 Å². The number of para-hydroxylation sites is 1. The van der Waals surface area contributed by atoms with Crippen LogP contribution in [0.1, 0.15) is 22.8 Å². The molecule has 8 heteroatoms. The molecule has 25 heavy (non-hydrogen) atoms. The fourth-order valence-corrected chi connectivity index (χ4v) is 2.24. The van der Waals surface area contributed by atoms with E-state index in [1.54, 1.807) is 18.2 Å². The topological polar surface area (TPSA) is 41.5 Å². The molecule has 0 unspecified atom stereocenters. The Hall–Kier alpha value is -2.19. The van der Waals surface area contributed by atoms with E-state index in [1.807, 2.05) is 0 Å². The summed E-state index contributed by atoms with van der Waals surface area (Å²) in [5.74, 6) is -0.00133. The minimum Gasteiger partial charge on any atom is -0.434 e. The van der Waals surface area contributed by atoms with Crippen molar-refractivity contribution in [1.29, 1.82) is 0 Å². The van der Waals surface area contributed by atoms with Crippen LogP contribution in [0.3, 0.4) is 0 Å². The Kier molecular flexibility index (Phi) is 6.33. The second-order valence-electron chi connectivity index (χ2n) is 5.26. The molecule has 0 amide bonds. The van der Waals surface area contributed by atoms with Gasteiger partial charge in [-0.25, -0.2) is 0 Å². The minimum absolute atomic E-state index is 0.00133. The van der Waals surface area contributed by atoms with Gasteiger partial charge in [0.15, 0.2) is 0 Å². The highest BCUT2D eigenvalue weighted by Crippen LogP contribution is 2.30. The van der Waals surface area contributed by atoms with Gasteiger partial charge in [0.25, 0.3) is 0 Å². The Morgan fingerprint density at radius 3 is 2.44 bits per heavy atom. The fraction of sp³-hybridized carbons (Fsp3) is 0.294. The van der Waals surface area contributed by atoms with Crippen LogP contribution in [-0.4, -0.2) is 18.3 Å². The van der Waals surface area contributed by atoms with Gasteiger partial charge in [-0.15, -0.1) is 0 Å². The first kappa shape index (κ1) is 19.1. The molecule has 2 rings (SSSR count). The summed E-state index contributed by atoms with van der Waals surface area (Å²) in [5.41, 5.74) is -0.293. The maximum Gasteiger partial charge on any atom is 0.416 e. The summed E-state index contributed by atoms with van der Waals surface area (Å²) in [6.07, 6.45) is -5.67. The molecule has 0 bridgehead atoms. The van der Waals surface area contributed by atoms with E-state index in [1.165, 1.54) is 18.2 Å². The quantitative estimate of drug-likeness (QED) is 0.729. The molecule has 2 aromatic carbocycles. The molecule has 0 spiro atoms. The predicted molar refractivity (Wildman–Crippen MR) is 81.2 cm³/mol. The van der Waals surface area contributed by atoms with Gasteiger partial charge >= 0.3 is 12.8 Å². The van der Waals surface area contributed by atoms with Gasteiger partial charge in [-0.1, -0.05) is 30.3 Å². The maximum absolute atomic E-state index is 12.7. The van der Waals surface area contributed by atoms with E-state index < -0.39 is 24.5 Å². The second-order valence-corrected chi connectivity index (χ2v) is 5.26. The van der Waals surface area contributed by atoms with Crippen LogP contribution < -0.4 is 10.1 Å². The number of rotatable bonds is 7. The normalized spacial score (nSPS) is 13.1. The Morgan fingerprint density at radius 1 is 1.04 bits per heavy atom. The van der Waals surface area contributed by atoms with E-state index >= 15 is 0 Å². The summed E-state index contributed by atoms with van der Waals surface area (Å²) in [5, 5.41) is 12.8. The van der Waals surface area contributed by atoms with Crippen LogP contribution in [0.4, 0.5) is 22.0 Å². The van der Waals surface area contributed by atoms with Crippen molar-refractivity contribution >= 4 is 0 Å². The monoisotopic (exact) mass is 361 g/mol. The molecule has 0 radical (unpaired) electrons. The zero-order valence-electron chi connectivity index (χ0n) is 12.9. The molecule has 0 fully saturated rings. The average molecular weight is 361 g/mol. The highest BCUT2D eigenvalue weighted by Gasteiger charge is 2.30. The van der Waals surface area contributed by atoms with Crippen LogP contribution in [0.2, 0.25) is 0 Å². The Morgan fingerprint density at radius 2 is 1.76 bits per heavy atom. The summed E-state index contributed by atoms with van der Waals surface area (Å²) >= 11 is 0. The molecule has 0 aliphatic carbocycles. The maximum atomic E-state index is 12.7. The van der Waals surface area contributed by atoms with Crippen LogP contribution in [-0.2, 0) is 12.7 Å². The van der Waals surface area contributed by atoms with Crippen LogP contribution >= 0.6 is 0 Å². The lowest BCUT2D eigenvalue weighted by atomic mass is 10.1. The van der Waals surface area contributed by atoms with Crippen molar-refractivity contribution < 1.29 is 31.8 Å². The summed E-state index contributed by atoms with van der Waals surface area (Å²) in [6.45, 7) is -2.90. The molecular formula is C17H16F5NO2. The zero-order chi connectivity index (χ0) is 18.4. The third-order valence-electron chi connectivity index (χ3n) is 3.44. The van der Waals surface area contributed by atoms with Gasteiger partial charge < -0.3 is 15.2 Å². The second kappa shape index (κ2) is 8.26. The van der Waals surface area contributed by atoms with Crippen molar-refractivity contribution in [2.45, 2.75) is 25.4 Å². The molecule has 0 aromatic heterocycles. The van der Waals surface area contributed by atoms with Gasteiger partial charge in [0.05, 0.1) is 11.7 Å². The molecule has 0 saturated carbocycles. The molecule has 0 aliphatic heterocycles. The van der Waals surface area contributed by atoms with E-state index in [2.05, 4.69) is 10.1 Å². The van der Waals surface area contributed by atoms with Crippen molar-refractivity contribution in [1.82, 2.24) is 5.32 Å². The third-order valence-corrected chi connectivity index (χ3v) is 3.44. The third kappa shape index (κ3) is 5.68. The van der Waals surface area contributed by atoms with E-state index in [0.29, 0.717) is 5.56 Å². The van der Waals surface area contributed by atoms with Gasteiger partial charge in [0.2, 0.25) is 0 Å². The van der Waals surface area contributed by atoms with E-state index in [9.17, 15) is 27.1 Å². The number of benzene rings is 2. The number of nitrogens with one attached hydrogen (secondary N) is 1. The standard InChI is InChI=1S/C17H16F5NO2/c18-16(19)25-15-7-2-1-4-12(15)9-23-10-14(24)11-5-3-6-13(8-11)17(20,21)22/h1-8,14,16,23-24H,9-10H2/t14-/m1/s1. The van der Waals surface area contributed by atoms with Gasteiger partial charge in [-0.3, -0.25) is 0 Å². The van der Waals surface area contributed by atoms with Crippen molar-refractivity contribution in [3.8, 4) is 5.75 Å². The molecule has 2 N–H and O–H groups in total. The molecule has 0 aliphatic rings. The van der Waals surface area contributed by atoms with Crippen molar-refractivity contribution in [2.75, 3.05) is 6.54 Å². The summed E-state index contributed by atoms with van der Waals surface area (Å²) < 4.78 is 67.1. The van der Waals surface area contributed by atoms with Gasteiger partial charge in [-0.2, -0.15) is 22.0 Å². The zero-order valence-corrected chi connectivity index (χ0v) is 12.9. The van der Waals surface area contributed by atoms with Gasteiger partial charge in [0, 0.05) is 18.7 Å². The largest absolute Gasteiger partial charge is 0.434 e. The molecule has 136 valence electrons. The number of halogens is 5. The predicted octanol–water partition coefficient (Wildman–Crippen LogP) is 4.13. The SMILES string of the molecule is O[C@H](CNCc1ccccc1OC(F)F)c1cccc(C(F)(F)F)c1. The van der Waals surface area contributed by atoms with Gasteiger partial charge in [0.1, 0.15) is 5.75 Å². The van der Waals surface area contributed by atoms with Crippen molar-refractivity contribution in [2.24, 2.45) is 0 Å². The van der Waals surface area contributed by atoms with Crippen LogP contribution in [0.5, 0.6) is 5.75 Å². The molecule has 0 saturated heterocycles. The number of hydrogen-bond donors (Lipinski definition) is 2. The van der Waals surface area contributed by atoms with E-state index in [4.69, 9.17) is 0 Å². The number of ether oxygens (including phenoxy) is 1. The molecule has 3 nitrogen and oxygen atoms in total. The highest BCUT2D eigenvalue weighted by atomic mass is 19.4. The van der Waals surface area contributed by atoms with E-state index in [0.717, 1.165) is 12.1 Å². The lowest BCUT2D eigenvalue weighted by molar-refractivity contribution is -0.137. The first-order chi connectivity index (χ1) is 11.8. The first-order valence-electron chi connectivity index (χ1n) is 7.36. The first-order valence-corrected chi connectivity index (χ1v) is 7.36. The summed E-state index contributed by atoms with van der Waals surface area (Å²) in [4.78, 5) is 0.